The minimum atomic E-state index is -0.961. The van der Waals surface area contributed by atoms with Gasteiger partial charge in [0.25, 0.3) is 0 Å². The summed E-state index contributed by atoms with van der Waals surface area (Å²) in [6.45, 7) is 3.80. The second-order valence-electron chi connectivity index (χ2n) is 9.83. The molecule has 0 fully saturated rings. The zero-order valence-corrected chi connectivity index (χ0v) is 24.7. The molecule has 13 nitrogen and oxygen atoms in total. The highest BCUT2D eigenvalue weighted by Gasteiger charge is 2.13. The summed E-state index contributed by atoms with van der Waals surface area (Å²) in [5, 5.41) is 35.4. The van der Waals surface area contributed by atoms with Gasteiger partial charge in [-0.05, 0) is 50.2 Å². The number of para-hydroxylation sites is 3. The van der Waals surface area contributed by atoms with Crippen LogP contribution in [0.5, 0.6) is 0 Å². The summed E-state index contributed by atoms with van der Waals surface area (Å²) < 4.78 is 5.05. The van der Waals surface area contributed by atoms with E-state index in [-0.39, 0.29) is 31.3 Å². The minimum Gasteiger partial charge on any atom is -0.480 e. The van der Waals surface area contributed by atoms with E-state index in [2.05, 4.69) is 21.0 Å². The van der Waals surface area contributed by atoms with Crippen LogP contribution in [0.2, 0.25) is 0 Å². The van der Waals surface area contributed by atoms with Gasteiger partial charge in [-0.1, -0.05) is 18.2 Å². The molecule has 0 aliphatic heterocycles. The lowest BCUT2D eigenvalue weighted by Gasteiger charge is -2.04. The maximum Gasteiger partial charge on any atom is 0.323 e. The number of nitrogens with zero attached hydrogens (tertiary/aromatic N) is 7. The number of carboxylic acids is 1. The molecule has 230 valence electrons. The molecule has 13 heteroatoms. The number of carbonyl (C=O) groups is 3. The van der Waals surface area contributed by atoms with Crippen molar-refractivity contribution in [1.82, 2.24) is 28.7 Å². The normalized spacial score (nSPS) is 10.6. The number of carboxylic acid groups (broad SMARTS) is 1. The largest absolute Gasteiger partial charge is 0.480 e. The van der Waals surface area contributed by atoms with E-state index in [1.165, 1.54) is 24.7 Å². The molecule has 0 aliphatic rings. The topological polar surface area (TPSA) is 189 Å². The number of nitriles is 1. The molecule has 0 radical (unpaired) electrons. The molecule has 3 N–H and O–H groups in total. The monoisotopic (exact) mass is 609 g/mol. The summed E-state index contributed by atoms with van der Waals surface area (Å²) in [6.07, 6.45) is 4.72. The molecule has 3 aromatic carbocycles. The van der Waals surface area contributed by atoms with Crippen LogP contribution in [0.4, 0.5) is 0 Å². The van der Waals surface area contributed by atoms with Crippen LogP contribution in [-0.2, 0) is 24.4 Å². The number of hydrogen-bond acceptors (Lipinski definition) is 9. The summed E-state index contributed by atoms with van der Waals surface area (Å²) in [5.41, 5.74) is 6.13. The Hall–Kier alpha value is -5.71. The molecular weight excluding hydrogens is 578 g/mol. The number of benzene rings is 3. The highest BCUT2D eigenvalue weighted by Crippen LogP contribution is 2.20. The first-order valence-electron chi connectivity index (χ1n) is 13.9. The maximum atomic E-state index is 11.4. The molecule has 3 aromatic heterocycles. The summed E-state index contributed by atoms with van der Waals surface area (Å²) in [5.74, 6) is -1.05. The Labute approximate surface area is 257 Å². The number of rotatable bonds is 8. The number of aliphatic carboxylic acids is 1. The van der Waals surface area contributed by atoms with E-state index < -0.39 is 5.97 Å². The maximum absolute atomic E-state index is 11.4. The number of ketones is 2. The average Bonchev–Trinajstić information content (AvgIpc) is 3.75. The number of hydrogen-bond donors (Lipinski definition) is 3. The van der Waals surface area contributed by atoms with E-state index in [0.29, 0.717) is 40.8 Å². The van der Waals surface area contributed by atoms with Gasteiger partial charge in [-0.15, -0.1) is 0 Å². The lowest BCUT2D eigenvalue weighted by atomic mass is 10.1. The van der Waals surface area contributed by atoms with E-state index >= 15 is 0 Å². The van der Waals surface area contributed by atoms with Crippen LogP contribution in [0.15, 0.2) is 73.6 Å². The Kier molecular flexibility index (Phi) is 10.5. The van der Waals surface area contributed by atoms with Crippen molar-refractivity contribution in [3.63, 3.8) is 0 Å². The summed E-state index contributed by atoms with van der Waals surface area (Å²) in [6, 6.07) is 18.1. The standard InChI is InChI=1S/C11H10N2O3.C11H12N2O2.C10H9N3O/c1-7(14)8-3-2-4-9-11(8)13(6-12-9)5-10(15)16;1-8(15)9-3-2-4-10-11(9)13(5-6-14)7-12-10;11-6-8-2-1-3-9-10(8)13(4-5-14)7-12-9/h2-4,6H,5H2,1H3,(H,15,16);2-4,7,14H,5-6H2,1H3;1-3,7,14H,4-5H2. The van der Waals surface area contributed by atoms with Crippen LogP contribution in [0.1, 0.15) is 40.1 Å². The molecule has 0 amide bonds. The van der Waals surface area contributed by atoms with Gasteiger partial charge in [-0.3, -0.25) is 14.4 Å². The third-order valence-electron chi connectivity index (χ3n) is 6.78. The molecule has 0 saturated heterocycles. The molecule has 0 spiro atoms. The van der Waals surface area contributed by atoms with Crippen molar-refractivity contribution in [2.24, 2.45) is 0 Å². The van der Waals surface area contributed by atoms with Gasteiger partial charge in [0, 0.05) is 24.2 Å². The first kappa shape index (κ1) is 32.2. The van der Waals surface area contributed by atoms with E-state index in [1.807, 2.05) is 18.2 Å². The van der Waals surface area contributed by atoms with E-state index in [1.54, 1.807) is 58.2 Å². The van der Waals surface area contributed by atoms with Gasteiger partial charge in [0.15, 0.2) is 11.6 Å². The predicted molar refractivity (Wildman–Crippen MR) is 166 cm³/mol. The van der Waals surface area contributed by atoms with E-state index in [0.717, 1.165) is 22.1 Å². The number of Topliss-reactive ketones (excluding diaryl/α,β-unsaturated/α-hetero) is 2. The molecule has 0 unspecified atom stereocenters. The first-order valence-corrected chi connectivity index (χ1v) is 13.9. The molecule has 0 saturated carbocycles. The van der Waals surface area contributed by atoms with E-state index in [4.69, 9.17) is 20.6 Å². The van der Waals surface area contributed by atoms with Gasteiger partial charge >= 0.3 is 5.97 Å². The molecule has 3 heterocycles. The Morgan fingerprint density at radius 3 is 1.56 bits per heavy atom. The first-order chi connectivity index (χ1) is 21.7. The molecule has 6 rings (SSSR count). The third-order valence-corrected chi connectivity index (χ3v) is 6.78. The number of carbonyl (C=O) groups excluding carboxylic acids is 2. The van der Waals surface area contributed by atoms with Gasteiger partial charge in [-0.25, -0.2) is 15.0 Å². The molecule has 0 bridgehead atoms. The van der Waals surface area contributed by atoms with Gasteiger partial charge in [0.1, 0.15) is 12.6 Å². The zero-order valence-electron chi connectivity index (χ0n) is 24.7. The van der Waals surface area contributed by atoms with Crippen molar-refractivity contribution in [2.45, 2.75) is 33.5 Å². The fourth-order valence-corrected chi connectivity index (χ4v) is 4.86. The lowest BCUT2D eigenvalue weighted by molar-refractivity contribution is -0.137. The SMILES string of the molecule is CC(=O)c1cccc2ncn(CC(=O)O)c12.CC(=O)c1cccc2ncn(CCO)c12.N#Cc1cccc2ncn(CCO)c12. The molecule has 6 aromatic rings. The second kappa shape index (κ2) is 14.6. The van der Waals surface area contributed by atoms with Gasteiger partial charge in [0.05, 0.1) is 70.9 Å². The average molecular weight is 610 g/mol. The third kappa shape index (κ3) is 7.27. The highest BCUT2D eigenvalue weighted by molar-refractivity contribution is 6.05. The Balaban J connectivity index is 0.000000154. The van der Waals surface area contributed by atoms with Crippen molar-refractivity contribution >= 4 is 50.6 Å². The minimum absolute atomic E-state index is 0.0142. The van der Waals surface area contributed by atoms with Crippen molar-refractivity contribution in [1.29, 1.82) is 5.26 Å². The fraction of sp³-hybridized carbons (Fsp3) is 0.219. The molecule has 0 atom stereocenters. The van der Waals surface area contributed by atoms with Crippen molar-refractivity contribution < 1.29 is 29.7 Å². The summed E-state index contributed by atoms with van der Waals surface area (Å²) >= 11 is 0. The Morgan fingerprint density at radius 1 is 0.689 bits per heavy atom. The van der Waals surface area contributed by atoms with Gasteiger partial charge in [-0.2, -0.15) is 5.26 Å². The van der Waals surface area contributed by atoms with Gasteiger partial charge < -0.3 is 29.0 Å². The molecule has 0 aliphatic carbocycles. The van der Waals surface area contributed by atoms with Crippen LogP contribution in [0.25, 0.3) is 33.1 Å². The Morgan fingerprint density at radius 2 is 1.11 bits per heavy atom. The molecular formula is C32H31N7O6. The van der Waals surface area contributed by atoms with Crippen LogP contribution in [0.3, 0.4) is 0 Å². The van der Waals surface area contributed by atoms with Crippen molar-refractivity contribution in [2.75, 3.05) is 13.2 Å². The van der Waals surface area contributed by atoms with E-state index in [9.17, 15) is 14.4 Å². The van der Waals surface area contributed by atoms with Crippen LogP contribution >= 0.6 is 0 Å². The van der Waals surface area contributed by atoms with Gasteiger partial charge in [0.2, 0.25) is 0 Å². The number of imidazole rings is 3. The number of aliphatic hydroxyl groups is 2. The second-order valence-corrected chi connectivity index (χ2v) is 9.83. The number of aromatic nitrogens is 6. The molecule has 45 heavy (non-hydrogen) atoms. The van der Waals surface area contributed by atoms with Crippen molar-refractivity contribution in [3.05, 3.63) is 90.3 Å². The summed E-state index contributed by atoms with van der Waals surface area (Å²) in [4.78, 5) is 45.9. The Bertz CT molecular complexity index is 2030. The smallest absolute Gasteiger partial charge is 0.323 e. The summed E-state index contributed by atoms with van der Waals surface area (Å²) in [7, 11) is 0. The number of fused-ring (bicyclic) bond motifs is 3. The highest BCUT2D eigenvalue weighted by atomic mass is 16.4. The lowest BCUT2D eigenvalue weighted by Crippen LogP contribution is -2.09. The zero-order chi connectivity index (χ0) is 32.5. The van der Waals surface area contributed by atoms with Crippen LogP contribution in [-0.4, -0.2) is 74.7 Å². The van der Waals surface area contributed by atoms with Crippen molar-refractivity contribution in [3.8, 4) is 6.07 Å². The van der Waals surface area contributed by atoms with Crippen LogP contribution in [0, 0.1) is 11.3 Å². The number of aliphatic hydroxyl groups excluding tert-OH is 2. The quantitative estimate of drug-likeness (QED) is 0.216. The fourth-order valence-electron chi connectivity index (χ4n) is 4.86. The van der Waals surface area contributed by atoms with Crippen LogP contribution < -0.4 is 0 Å². The predicted octanol–water partition coefficient (Wildman–Crippen LogP) is 3.45.